The summed E-state index contributed by atoms with van der Waals surface area (Å²) in [5, 5.41) is 0. The minimum atomic E-state index is -0.0163. The van der Waals surface area contributed by atoms with Crippen LogP contribution >= 0.6 is 0 Å². The molecule has 0 radical (unpaired) electrons. The van der Waals surface area contributed by atoms with Gasteiger partial charge >= 0.3 is 0 Å². The lowest BCUT2D eigenvalue weighted by Crippen LogP contribution is -2.53. The van der Waals surface area contributed by atoms with Gasteiger partial charge in [0.2, 0.25) is 5.91 Å². The summed E-state index contributed by atoms with van der Waals surface area (Å²) in [5.74, 6) is 1.64. The molecule has 0 spiro atoms. The standard InChI is InChI=1S/C21H27N3O/c1-21(2,3)20-22-17-11-7-8-12-18(17)24(20)16-13-23(14-16)19(25)15-9-5-4-6-10-15/h4-5,7-8,11-12,15-16H,6,9-10,13-14H2,1-3H3. The van der Waals surface area contributed by atoms with Crippen LogP contribution < -0.4 is 0 Å². The molecule has 0 saturated carbocycles. The quantitative estimate of drug-likeness (QED) is 0.775. The third-order valence-electron chi connectivity index (χ3n) is 5.42. The number of rotatable bonds is 2. The van der Waals surface area contributed by atoms with Gasteiger partial charge in [0.1, 0.15) is 5.82 Å². The van der Waals surface area contributed by atoms with Crippen molar-refractivity contribution in [1.82, 2.24) is 14.5 Å². The summed E-state index contributed by atoms with van der Waals surface area (Å²) in [6.45, 7) is 8.24. The van der Waals surface area contributed by atoms with Crippen molar-refractivity contribution in [2.75, 3.05) is 13.1 Å². The molecule has 1 aromatic carbocycles. The average Bonchev–Trinajstić information content (AvgIpc) is 2.94. The maximum absolute atomic E-state index is 12.7. The lowest BCUT2D eigenvalue weighted by atomic mass is 9.91. The summed E-state index contributed by atoms with van der Waals surface area (Å²) < 4.78 is 2.37. The summed E-state index contributed by atoms with van der Waals surface area (Å²) in [6, 6.07) is 8.68. The van der Waals surface area contributed by atoms with Gasteiger partial charge in [-0.15, -0.1) is 0 Å². The molecule has 1 fully saturated rings. The number of hydrogen-bond acceptors (Lipinski definition) is 2. The van der Waals surface area contributed by atoms with Crippen molar-refractivity contribution in [3.63, 3.8) is 0 Å². The van der Waals surface area contributed by atoms with Gasteiger partial charge < -0.3 is 9.47 Å². The monoisotopic (exact) mass is 337 g/mol. The topological polar surface area (TPSA) is 38.1 Å². The van der Waals surface area contributed by atoms with E-state index >= 15 is 0 Å². The number of imidazole rings is 1. The molecular weight excluding hydrogens is 310 g/mol. The van der Waals surface area contributed by atoms with Crippen LogP contribution in [0, 0.1) is 5.92 Å². The van der Waals surface area contributed by atoms with Gasteiger partial charge in [0.15, 0.2) is 0 Å². The fourth-order valence-corrected chi connectivity index (χ4v) is 4.02. The average molecular weight is 337 g/mol. The summed E-state index contributed by atoms with van der Waals surface area (Å²) in [6.07, 6.45) is 7.29. The first-order valence-electron chi connectivity index (χ1n) is 9.36. The first-order chi connectivity index (χ1) is 11.9. The second-order valence-electron chi connectivity index (χ2n) is 8.42. The largest absolute Gasteiger partial charge is 0.338 e. The third-order valence-corrected chi connectivity index (χ3v) is 5.42. The highest BCUT2D eigenvalue weighted by Gasteiger charge is 2.38. The van der Waals surface area contributed by atoms with E-state index in [-0.39, 0.29) is 11.3 Å². The van der Waals surface area contributed by atoms with Crippen molar-refractivity contribution in [2.24, 2.45) is 5.92 Å². The van der Waals surface area contributed by atoms with E-state index in [1.807, 2.05) is 11.0 Å². The van der Waals surface area contributed by atoms with Gasteiger partial charge in [-0.05, 0) is 31.4 Å². The maximum atomic E-state index is 12.7. The van der Waals surface area contributed by atoms with E-state index < -0.39 is 0 Å². The van der Waals surface area contributed by atoms with Crippen LogP contribution in [0.5, 0.6) is 0 Å². The molecule has 2 heterocycles. The van der Waals surface area contributed by atoms with Gasteiger partial charge in [0.25, 0.3) is 0 Å². The zero-order valence-corrected chi connectivity index (χ0v) is 15.4. The van der Waals surface area contributed by atoms with E-state index in [0.717, 1.165) is 43.7 Å². The molecule has 2 aromatic rings. The highest BCUT2D eigenvalue weighted by atomic mass is 16.2. The molecule has 1 atom stereocenters. The summed E-state index contributed by atoms with van der Waals surface area (Å²) in [5.41, 5.74) is 2.22. The van der Waals surface area contributed by atoms with Gasteiger partial charge in [-0.3, -0.25) is 4.79 Å². The Morgan fingerprint density at radius 1 is 1.16 bits per heavy atom. The molecule has 2 aliphatic rings. The predicted octanol–water partition coefficient (Wildman–Crippen LogP) is 4.07. The van der Waals surface area contributed by atoms with Crippen LogP contribution in [0.15, 0.2) is 36.4 Å². The molecule has 1 aliphatic carbocycles. The molecule has 1 aliphatic heterocycles. The maximum Gasteiger partial charge on any atom is 0.226 e. The first kappa shape index (κ1) is 16.4. The number of fused-ring (bicyclic) bond motifs is 1. The van der Waals surface area contributed by atoms with Crippen molar-refractivity contribution in [2.45, 2.75) is 51.5 Å². The molecular formula is C21H27N3O. The van der Waals surface area contributed by atoms with E-state index in [1.165, 1.54) is 5.52 Å². The molecule has 1 unspecified atom stereocenters. The number of nitrogens with zero attached hydrogens (tertiary/aromatic N) is 3. The minimum absolute atomic E-state index is 0.0163. The Hall–Kier alpha value is -2.10. The Bertz CT molecular complexity index is 821. The fraction of sp³-hybridized carbons (Fsp3) is 0.524. The number of carbonyl (C=O) groups excluding carboxylic acids is 1. The Kier molecular flexibility index (Phi) is 3.94. The lowest BCUT2D eigenvalue weighted by Gasteiger charge is -2.43. The molecule has 4 rings (SSSR count). The Labute approximate surface area is 149 Å². The number of hydrogen-bond donors (Lipinski definition) is 0. The zero-order valence-electron chi connectivity index (χ0n) is 15.4. The van der Waals surface area contributed by atoms with Crippen molar-refractivity contribution >= 4 is 16.9 Å². The number of likely N-dealkylation sites (tertiary alicyclic amines) is 1. The molecule has 4 heteroatoms. The van der Waals surface area contributed by atoms with Crippen LogP contribution in [0.1, 0.15) is 51.9 Å². The van der Waals surface area contributed by atoms with Crippen LogP contribution in [0.3, 0.4) is 0 Å². The van der Waals surface area contributed by atoms with Gasteiger partial charge in [0, 0.05) is 24.4 Å². The van der Waals surface area contributed by atoms with Crippen LogP contribution in [0.2, 0.25) is 0 Å². The number of amides is 1. The van der Waals surface area contributed by atoms with Gasteiger partial charge in [0.05, 0.1) is 17.1 Å². The van der Waals surface area contributed by atoms with Crippen LogP contribution in [0.25, 0.3) is 11.0 Å². The number of aromatic nitrogens is 2. The summed E-state index contributed by atoms with van der Waals surface area (Å²) >= 11 is 0. The number of carbonyl (C=O) groups is 1. The van der Waals surface area contributed by atoms with Crippen molar-refractivity contribution < 1.29 is 4.79 Å². The lowest BCUT2D eigenvalue weighted by molar-refractivity contribution is -0.141. The van der Waals surface area contributed by atoms with E-state index in [2.05, 4.69) is 55.7 Å². The summed E-state index contributed by atoms with van der Waals surface area (Å²) in [7, 11) is 0. The van der Waals surface area contributed by atoms with E-state index in [9.17, 15) is 4.79 Å². The van der Waals surface area contributed by atoms with Gasteiger partial charge in [-0.1, -0.05) is 45.1 Å². The van der Waals surface area contributed by atoms with Crippen LogP contribution in [-0.4, -0.2) is 33.4 Å². The van der Waals surface area contributed by atoms with Crippen LogP contribution in [-0.2, 0) is 10.2 Å². The normalized spacial score (nSPS) is 21.6. The molecule has 0 bridgehead atoms. The van der Waals surface area contributed by atoms with Gasteiger partial charge in [-0.2, -0.15) is 0 Å². The second kappa shape index (κ2) is 6.01. The molecule has 1 saturated heterocycles. The number of para-hydroxylation sites is 2. The zero-order chi connectivity index (χ0) is 17.6. The first-order valence-corrected chi connectivity index (χ1v) is 9.36. The Balaban J connectivity index is 1.57. The SMILES string of the molecule is CC(C)(C)c1nc2ccccc2n1C1CN(C(=O)C2CC=CCC2)C1. The molecule has 1 aromatic heterocycles. The number of benzene rings is 1. The highest BCUT2D eigenvalue weighted by Crippen LogP contribution is 2.34. The van der Waals surface area contributed by atoms with E-state index in [1.54, 1.807) is 0 Å². The Morgan fingerprint density at radius 2 is 1.92 bits per heavy atom. The van der Waals surface area contributed by atoms with E-state index in [4.69, 9.17) is 4.98 Å². The Morgan fingerprint density at radius 3 is 2.60 bits per heavy atom. The molecule has 25 heavy (non-hydrogen) atoms. The smallest absolute Gasteiger partial charge is 0.226 e. The molecule has 4 nitrogen and oxygen atoms in total. The molecule has 1 amide bonds. The van der Waals surface area contributed by atoms with Gasteiger partial charge in [-0.25, -0.2) is 4.98 Å². The fourth-order valence-electron chi connectivity index (χ4n) is 4.02. The van der Waals surface area contributed by atoms with Crippen molar-refractivity contribution in [3.8, 4) is 0 Å². The second-order valence-corrected chi connectivity index (χ2v) is 8.42. The minimum Gasteiger partial charge on any atom is -0.338 e. The predicted molar refractivity (Wildman–Crippen MR) is 101 cm³/mol. The molecule has 132 valence electrons. The summed E-state index contributed by atoms with van der Waals surface area (Å²) in [4.78, 5) is 19.6. The third kappa shape index (κ3) is 2.88. The van der Waals surface area contributed by atoms with Crippen LogP contribution in [0.4, 0.5) is 0 Å². The van der Waals surface area contributed by atoms with E-state index in [0.29, 0.717) is 11.9 Å². The molecule has 0 N–H and O–H groups in total. The van der Waals surface area contributed by atoms with Crippen molar-refractivity contribution in [3.05, 3.63) is 42.2 Å². The van der Waals surface area contributed by atoms with Crippen molar-refractivity contribution in [1.29, 1.82) is 0 Å². The number of allylic oxidation sites excluding steroid dienone is 2. The highest BCUT2D eigenvalue weighted by molar-refractivity contribution is 5.81.